The normalized spacial score (nSPS) is 9.56. The lowest BCUT2D eigenvalue weighted by Crippen LogP contribution is -1.91. The van der Waals surface area contributed by atoms with Crippen molar-refractivity contribution in [1.82, 2.24) is 0 Å². The van der Waals surface area contributed by atoms with Crippen molar-refractivity contribution in [2.45, 2.75) is 0 Å². The molecule has 0 radical (unpaired) electrons. The van der Waals surface area contributed by atoms with E-state index in [0.29, 0.717) is 33.9 Å². The Balaban J connectivity index is 2.37. The lowest BCUT2D eigenvalue weighted by molar-refractivity contribution is 0.112. The first kappa shape index (κ1) is 12.2. The number of halogens is 1. The standard InChI is InChI=1S/C14H8ClNO2/c15-13-5-2-6-14(12(13)9-17)18-11-4-1-3-10(7-11)8-16/h1-7,9H. The van der Waals surface area contributed by atoms with Crippen molar-refractivity contribution >= 4 is 17.9 Å². The molecule has 0 bridgehead atoms. The highest BCUT2D eigenvalue weighted by atomic mass is 35.5. The molecule has 2 rings (SSSR count). The van der Waals surface area contributed by atoms with Gasteiger partial charge in [0, 0.05) is 0 Å². The van der Waals surface area contributed by atoms with Crippen LogP contribution < -0.4 is 4.74 Å². The van der Waals surface area contributed by atoms with Gasteiger partial charge in [-0.15, -0.1) is 0 Å². The zero-order chi connectivity index (χ0) is 13.0. The molecule has 0 saturated carbocycles. The number of hydrogen-bond acceptors (Lipinski definition) is 3. The van der Waals surface area contributed by atoms with E-state index in [4.69, 9.17) is 21.6 Å². The van der Waals surface area contributed by atoms with Crippen molar-refractivity contribution in [3.05, 3.63) is 58.6 Å². The van der Waals surface area contributed by atoms with Crippen LogP contribution >= 0.6 is 11.6 Å². The third kappa shape index (κ3) is 2.50. The molecule has 4 heteroatoms. The van der Waals surface area contributed by atoms with E-state index in [1.807, 2.05) is 6.07 Å². The fourth-order valence-corrected chi connectivity index (χ4v) is 1.69. The molecule has 0 saturated heterocycles. The second-order valence-electron chi connectivity index (χ2n) is 3.51. The van der Waals surface area contributed by atoms with Gasteiger partial charge in [0.15, 0.2) is 6.29 Å². The Morgan fingerprint density at radius 1 is 1.22 bits per heavy atom. The van der Waals surface area contributed by atoms with Crippen molar-refractivity contribution < 1.29 is 9.53 Å². The second-order valence-corrected chi connectivity index (χ2v) is 3.92. The van der Waals surface area contributed by atoms with Gasteiger partial charge in [-0.25, -0.2) is 0 Å². The number of hydrogen-bond donors (Lipinski definition) is 0. The molecular weight excluding hydrogens is 250 g/mol. The number of carbonyl (C=O) groups excluding carboxylic acids is 1. The van der Waals surface area contributed by atoms with Crippen LogP contribution in [0.1, 0.15) is 15.9 Å². The molecule has 0 aliphatic rings. The number of carbonyl (C=O) groups is 1. The van der Waals surface area contributed by atoms with Crippen LogP contribution in [0.5, 0.6) is 11.5 Å². The van der Waals surface area contributed by atoms with E-state index in [9.17, 15) is 4.79 Å². The first-order valence-corrected chi connectivity index (χ1v) is 5.54. The summed E-state index contributed by atoms with van der Waals surface area (Å²) in [5.74, 6) is 0.854. The molecule has 0 unspecified atom stereocenters. The van der Waals surface area contributed by atoms with Crippen LogP contribution in [0, 0.1) is 11.3 Å². The number of aldehydes is 1. The maximum absolute atomic E-state index is 10.9. The second kappa shape index (κ2) is 5.35. The summed E-state index contributed by atoms with van der Waals surface area (Å²) in [6.45, 7) is 0. The van der Waals surface area contributed by atoms with Crippen molar-refractivity contribution in [1.29, 1.82) is 5.26 Å². The average molecular weight is 258 g/mol. The van der Waals surface area contributed by atoms with Gasteiger partial charge >= 0.3 is 0 Å². The molecule has 0 spiro atoms. The lowest BCUT2D eigenvalue weighted by atomic mass is 10.2. The summed E-state index contributed by atoms with van der Waals surface area (Å²) in [5, 5.41) is 9.12. The van der Waals surface area contributed by atoms with Crippen molar-refractivity contribution in [3.63, 3.8) is 0 Å². The van der Waals surface area contributed by atoms with Gasteiger partial charge in [0.1, 0.15) is 11.5 Å². The highest BCUT2D eigenvalue weighted by molar-refractivity contribution is 6.33. The van der Waals surface area contributed by atoms with Crippen LogP contribution in [0.4, 0.5) is 0 Å². The minimum Gasteiger partial charge on any atom is -0.457 e. The number of nitrogens with zero attached hydrogens (tertiary/aromatic N) is 1. The van der Waals surface area contributed by atoms with Crippen LogP contribution in [-0.2, 0) is 0 Å². The van der Waals surface area contributed by atoms with Gasteiger partial charge in [0.05, 0.1) is 22.2 Å². The van der Waals surface area contributed by atoms with E-state index >= 15 is 0 Å². The van der Waals surface area contributed by atoms with Gasteiger partial charge in [-0.3, -0.25) is 4.79 Å². The van der Waals surface area contributed by atoms with Gasteiger partial charge in [-0.05, 0) is 30.3 Å². The predicted octanol–water partition coefficient (Wildman–Crippen LogP) is 3.82. The number of benzene rings is 2. The molecule has 3 nitrogen and oxygen atoms in total. The number of nitriles is 1. The van der Waals surface area contributed by atoms with Crippen LogP contribution in [-0.4, -0.2) is 6.29 Å². The van der Waals surface area contributed by atoms with Gasteiger partial charge in [-0.2, -0.15) is 5.26 Å². The maximum atomic E-state index is 10.9. The maximum Gasteiger partial charge on any atom is 0.155 e. The number of rotatable bonds is 3. The minimum atomic E-state index is 0.293. The van der Waals surface area contributed by atoms with E-state index in [1.165, 1.54) is 0 Å². The van der Waals surface area contributed by atoms with E-state index in [-0.39, 0.29) is 0 Å². The summed E-state index contributed by atoms with van der Waals surface area (Å²) >= 11 is 5.89. The molecule has 0 heterocycles. The lowest BCUT2D eigenvalue weighted by Gasteiger charge is -2.08. The van der Waals surface area contributed by atoms with Crippen molar-refractivity contribution in [2.75, 3.05) is 0 Å². The quantitative estimate of drug-likeness (QED) is 0.786. The van der Waals surface area contributed by atoms with E-state index < -0.39 is 0 Å². The average Bonchev–Trinajstić information content (AvgIpc) is 2.39. The molecule has 88 valence electrons. The smallest absolute Gasteiger partial charge is 0.155 e. The van der Waals surface area contributed by atoms with Gasteiger partial charge in [0.2, 0.25) is 0 Å². The Bertz CT molecular complexity index is 632. The molecule has 0 fully saturated rings. The summed E-state index contributed by atoms with van der Waals surface area (Å²) in [7, 11) is 0. The summed E-state index contributed by atoms with van der Waals surface area (Å²) in [5.41, 5.74) is 0.781. The molecule has 0 aliphatic heterocycles. The zero-order valence-corrected chi connectivity index (χ0v) is 10.0. The highest BCUT2D eigenvalue weighted by Crippen LogP contribution is 2.29. The molecule has 0 aliphatic carbocycles. The fraction of sp³-hybridized carbons (Fsp3) is 0. The van der Waals surface area contributed by atoms with E-state index in [0.717, 1.165) is 0 Å². The third-order valence-corrected chi connectivity index (χ3v) is 2.65. The molecule has 2 aromatic rings. The van der Waals surface area contributed by atoms with Crippen LogP contribution in [0.3, 0.4) is 0 Å². The monoisotopic (exact) mass is 257 g/mol. The Labute approximate surface area is 109 Å². The van der Waals surface area contributed by atoms with Crippen LogP contribution in [0.2, 0.25) is 5.02 Å². The first-order valence-electron chi connectivity index (χ1n) is 5.16. The minimum absolute atomic E-state index is 0.293. The third-order valence-electron chi connectivity index (χ3n) is 2.32. The van der Waals surface area contributed by atoms with Crippen LogP contribution in [0.25, 0.3) is 0 Å². The van der Waals surface area contributed by atoms with E-state index in [1.54, 1.807) is 42.5 Å². The van der Waals surface area contributed by atoms with Crippen LogP contribution in [0.15, 0.2) is 42.5 Å². The summed E-state index contributed by atoms with van der Waals surface area (Å²) in [6, 6.07) is 13.7. The zero-order valence-electron chi connectivity index (χ0n) is 9.26. The van der Waals surface area contributed by atoms with Crippen molar-refractivity contribution in [2.24, 2.45) is 0 Å². The molecule has 2 aromatic carbocycles. The predicted molar refractivity (Wildman–Crippen MR) is 68.1 cm³/mol. The Morgan fingerprint density at radius 3 is 2.72 bits per heavy atom. The van der Waals surface area contributed by atoms with Crippen molar-refractivity contribution in [3.8, 4) is 17.6 Å². The molecule has 0 aromatic heterocycles. The summed E-state index contributed by atoms with van der Waals surface area (Å²) in [4.78, 5) is 10.9. The highest BCUT2D eigenvalue weighted by Gasteiger charge is 2.08. The summed E-state index contributed by atoms with van der Waals surface area (Å²) < 4.78 is 5.56. The molecule has 0 amide bonds. The molecule has 18 heavy (non-hydrogen) atoms. The summed E-state index contributed by atoms with van der Waals surface area (Å²) in [6.07, 6.45) is 0.645. The Hall–Kier alpha value is -2.31. The van der Waals surface area contributed by atoms with Gasteiger partial charge in [0.25, 0.3) is 0 Å². The van der Waals surface area contributed by atoms with Gasteiger partial charge < -0.3 is 4.74 Å². The number of ether oxygens (including phenoxy) is 1. The Kier molecular flexibility index (Phi) is 3.61. The first-order chi connectivity index (χ1) is 8.74. The molecule has 0 atom stereocenters. The molecule has 0 N–H and O–H groups in total. The molecular formula is C14H8ClNO2. The largest absolute Gasteiger partial charge is 0.457 e. The topological polar surface area (TPSA) is 50.1 Å². The van der Waals surface area contributed by atoms with Gasteiger partial charge in [-0.1, -0.05) is 23.7 Å². The van der Waals surface area contributed by atoms with E-state index in [2.05, 4.69) is 0 Å². The SMILES string of the molecule is N#Cc1cccc(Oc2cccc(Cl)c2C=O)c1. The Morgan fingerprint density at radius 2 is 2.00 bits per heavy atom. The fourth-order valence-electron chi connectivity index (χ4n) is 1.48.